The number of carbonyl (C=O) groups is 2. The van der Waals surface area contributed by atoms with Crippen LogP contribution in [0.1, 0.15) is 47.9 Å². The molecular weight excluding hydrogens is 522 g/mol. The van der Waals surface area contributed by atoms with Crippen LogP contribution in [-0.2, 0) is 32.6 Å². The van der Waals surface area contributed by atoms with Crippen molar-refractivity contribution in [2.45, 2.75) is 64.6 Å². The second-order valence-electron chi connectivity index (χ2n) is 10.8. The number of carbonyl (C=O) groups excluding carboxylic acids is 2. The molecule has 1 unspecified atom stereocenters. The lowest BCUT2D eigenvalue weighted by Crippen LogP contribution is -2.54. The molecule has 8 heteroatoms. The number of amides is 2. The van der Waals surface area contributed by atoms with Crippen molar-refractivity contribution in [1.29, 1.82) is 0 Å². The van der Waals surface area contributed by atoms with E-state index >= 15 is 0 Å². The van der Waals surface area contributed by atoms with Crippen molar-refractivity contribution in [3.8, 4) is 0 Å². The van der Waals surface area contributed by atoms with E-state index in [1.807, 2.05) is 80.6 Å². The zero-order valence-corrected chi connectivity index (χ0v) is 24.4. The third kappa shape index (κ3) is 7.72. The minimum Gasteiger partial charge on any atom is -0.352 e. The second-order valence-corrected chi connectivity index (χ2v) is 12.7. The highest BCUT2D eigenvalue weighted by atomic mass is 32.2. The monoisotopic (exact) mass is 561 g/mol. The molecule has 0 saturated heterocycles. The Morgan fingerprint density at radius 3 is 2.20 bits per heavy atom. The number of sulfonamides is 1. The summed E-state index contributed by atoms with van der Waals surface area (Å²) in [5, 5.41) is 3.19. The quantitative estimate of drug-likeness (QED) is 0.366. The summed E-state index contributed by atoms with van der Waals surface area (Å²) >= 11 is 0. The Morgan fingerprint density at radius 2 is 1.55 bits per heavy atom. The average Bonchev–Trinajstić information content (AvgIpc) is 3.43. The first-order valence-corrected chi connectivity index (χ1v) is 15.7. The van der Waals surface area contributed by atoms with Gasteiger partial charge in [0.05, 0.1) is 11.9 Å². The zero-order chi connectivity index (χ0) is 28.7. The Kier molecular flexibility index (Phi) is 9.63. The van der Waals surface area contributed by atoms with Gasteiger partial charge in [0, 0.05) is 19.0 Å². The van der Waals surface area contributed by atoms with Gasteiger partial charge in [-0.1, -0.05) is 91.2 Å². The number of hydrogen-bond donors (Lipinski definition) is 1. The summed E-state index contributed by atoms with van der Waals surface area (Å²) in [6.07, 6.45) is 5.40. The Balaban J connectivity index is 1.73. The summed E-state index contributed by atoms with van der Waals surface area (Å²) in [6.45, 7) is 3.57. The SMILES string of the molecule is Cc1cccc(CN(C(=O)CN(c2ccccc2C)S(C)(=O)=O)C(Cc2ccccc2)C(=O)NC2CCCC2)c1. The number of anilines is 1. The molecule has 0 aliphatic heterocycles. The van der Waals surface area contributed by atoms with Crippen LogP contribution in [0.25, 0.3) is 0 Å². The van der Waals surface area contributed by atoms with E-state index < -0.39 is 28.5 Å². The van der Waals surface area contributed by atoms with Gasteiger partial charge in [0.1, 0.15) is 12.6 Å². The van der Waals surface area contributed by atoms with E-state index in [0.29, 0.717) is 12.1 Å². The predicted octanol–water partition coefficient (Wildman–Crippen LogP) is 4.77. The van der Waals surface area contributed by atoms with Crippen LogP contribution in [0.3, 0.4) is 0 Å². The van der Waals surface area contributed by atoms with Gasteiger partial charge in [-0.05, 0) is 49.4 Å². The van der Waals surface area contributed by atoms with E-state index in [9.17, 15) is 18.0 Å². The maximum atomic E-state index is 14.2. The number of nitrogens with one attached hydrogen (secondary N) is 1. The van der Waals surface area contributed by atoms with E-state index in [0.717, 1.165) is 58.5 Å². The molecule has 212 valence electrons. The number of hydrogen-bond acceptors (Lipinski definition) is 4. The molecule has 1 aliphatic rings. The molecule has 0 aromatic heterocycles. The van der Waals surface area contributed by atoms with Gasteiger partial charge in [-0.25, -0.2) is 8.42 Å². The first-order valence-electron chi connectivity index (χ1n) is 13.8. The lowest BCUT2D eigenvalue weighted by Gasteiger charge is -2.34. The molecule has 1 aliphatic carbocycles. The summed E-state index contributed by atoms with van der Waals surface area (Å²) in [4.78, 5) is 29.6. The van der Waals surface area contributed by atoms with Gasteiger partial charge in [0.2, 0.25) is 21.8 Å². The molecule has 1 fully saturated rings. The van der Waals surface area contributed by atoms with Crippen LogP contribution in [0.2, 0.25) is 0 Å². The third-order valence-electron chi connectivity index (χ3n) is 7.47. The third-order valence-corrected chi connectivity index (χ3v) is 8.60. The number of benzene rings is 3. The van der Waals surface area contributed by atoms with Crippen molar-refractivity contribution < 1.29 is 18.0 Å². The van der Waals surface area contributed by atoms with Crippen LogP contribution in [-0.4, -0.2) is 50.0 Å². The lowest BCUT2D eigenvalue weighted by atomic mass is 10.0. The summed E-state index contributed by atoms with van der Waals surface area (Å²) < 4.78 is 27.0. The largest absolute Gasteiger partial charge is 0.352 e. The van der Waals surface area contributed by atoms with Gasteiger partial charge in [-0.3, -0.25) is 13.9 Å². The van der Waals surface area contributed by atoms with Crippen LogP contribution >= 0.6 is 0 Å². The molecule has 4 rings (SSSR count). The molecule has 1 N–H and O–H groups in total. The standard InChI is InChI=1S/C32H39N3O4S/c1-24-12-11-16-27(20-24)22-34(31(36)23-35(40(3,38)39)29-19-10-7-13-25(29)2)30(21-26-14-5-4-6-15-26)32(37)33-28-17-8-9-18-28/h4-7,10-16,19-20,28,30H,8-9,17-18,21-23H2,1-3H3,(H,33,37). The highest BCUT2D eigenvalue weighted by Crippen LogP contribution is 2.24. The molecule has 7 nitrogen and oxygen atoms in total. The molecule has 0 heterocycles. The van der Waals surface area contributed by atoms with E-state index in [1.54, 1.807) is 17.0 Å². The molecule has 0 bridgehead atoms. The Labute approximate surface area is 238 Å². The van der Waals surface area contributed by atoms with Crippen LogP contribution in [0, 0.1) is 13.8 Å². The molecular formula is C32H39N3O4S. The second kappa shape index (κ2) is 13.1. The normalized spacial score (nSPS) is 14.5. The van der Waals surface area contributed by atoms with Crippen molar-refractivity contribution in [2.24, 2.45) is 0 Å². The van der Waals surface area contributed by atoms with Crippen LogP contribution < -0.4 is 9.62 Å². The summed E-state index contributed by atoms with van der Waals surface area (Å²) in [5.74, 6) is -0.642. The minimum absolute atomic E-state index is 0.0844. The first kappa shape index (κ1) is 29.3. The molecule has 1 atom stereocenters. The van der Waals surface area contributed by atoms with Gasteiger partial charge >= 0.3 is 0 Å². The van der Waals surface area contributed by atoms with Crippen molar-refractivity contribution >= 4 is 27.5 Å². The molecule has 2 amide bonds. The fraction of sp³-hybridized carbons (Fsp3) is 0.375. The number of rotatable bonds is 11. The maximum Gasteiger partial charge on any atom is 0.244 e. The number of para-hydroxylation sites is 1. The van der Waals surface area contributed by atoms with E-state index in [-0.39, 0.29) is 18.5 Å². The highest BCUT2D eigenvalue weighted by molar-refractivity contribution is 7.92. The van der Waals surface area contributed by atoms with Gasteiger partial charge in [-0.15, -0.1) is 0 Å². The highest BCUT2D eigenvalue weighted by Gasteiger charge is 2.34. The van der Waals surface area contributed by atoms with Crippen molar-refractivity contribution in [1.82, 2.24) is 10.2 Å². The predicted molar refractivity (Wildman–Crippen MR) is 159 cm³/mol. The molecule has 0 spiro atoms. The fourth-order valence-corrected chi connectivity index (χ4v) is 6.27. The Hall–Kier alpha value is -3.65. The Morgan fingerprint density at radius 1 is 0.900 bits per heavy atom. The molecule has 40 heavy (non-hydrogen) atoms. The molecule has 3 aromatic carbocycles. The van der Waals surface area contributed by atoms with Crippen LogP contribution in [0.5, 0.6) is 0 Å². The lowest BCUT2D eigenvalue weighted by molar-refractivity contribution is -0.140. The number of nitrogens with zero attached hydrogens (tertiary/aromatic N) is 2. The van der Waals surface area contributed by atoms with Crippen LogP contribution in [0.4, 0.5) is 5.69 Å². The van der Waals surface area contributed by atoms with Crippen molar-refractivity contribution in [2.75, 3.05) is 17.1 Å². The summed E-state index contributed by atoms with van der Waals surface area (Å²) in [7, 11) is -3.79. The molecule has 0 radical (unpaired) electrons. The van der Waals surface area contributed by atoms with Gasteiger partial charge in [-0.2, -0.15) is 0 Å². The van der Waals surface area contributed by atoms with Gasteiger partial charge < -0.3 is 10.2 Å². The maximum absolute atomic E-state index is 14.2. The average molecular weight is 562 g/mol. The van der Waals surface area contributed by atoms with Gasteiger partial charge in [0.15, 0.2) is 0 Å². The fourth-order valence-electron chi connectivity index (χ4n) is 5.37. The number of aryl methyl sites for hydroxylation is 2. The van der Waals surface area contributed by atoms with Crippen molar-refractivity contribution in [3.05, 3.63) is 101 Å². The van der Waals surface area contributed by atoms with E-state index in [2.05, 4.69) is 5.32 Å². The Bertz CT molecular complexity index is 1420. The van der Waals surface area contributed by atoms with Crippen LogP contribution in [0.15, 0.2) is 78.9 Å². The summed E-state index contributed by atoms with van der Waals surface area (Å²) in [6, 6.07) is 23.8. The van der Waals surface area contributed by atoms with Gasteiger partial charge in [0.25, 0.3) is 0 Å². The summed E-state index contributed by atoms with van der Waals surface area (Å²) in [5.41, 5.74) is 4.03. The first-order chi connectivity index (χ1) is 19.1. The zero-order valence-electron chi connectivity index (χ0n) is 23.5. The molecule has 3 aromatic rings. The molecule has 1 saturated carbocycles. The topological polar surface area (TPSA) is 86.8 Å². The van der Waals surface area contributed by atoms with E-state index in [4.69, 9.17) is 0 Å². The minimum atomic E-state index is -3.79. The van der Waals surface area contributed by atoms with E-state index in [1.165, 1.54) is 0 Å². The van der Waals surface area contributed by atoms with Crippen molar-refractivity contribution in [3.63, 3.8) is 0 Å². The smallest absolute Gasteiger partial charge is 0.244 e.